The van der Waals surface area contributed by atoms with E-state index < -0.39 is 0 Å². The van der Waals surface area contributed by atoms with E-state index in [1.807, 2.05) is 23.1 Å². The molecule has 2 aromatic heterocycles. The molecule has 2 aliphatic heterocycles. The molecule has 138 valence electrons. The Bertz CT molecular complexity index is 772. The van der Waals surface area contributed by atoms with Crippen molar-refractivity contribution in [3.8, 4) is 5.88 Å². The van der Waals surface area contributed by atoms with Crippen LogP contribution >= 0.6 is 0 Å². The molecule has 4 heterocycles. The van der Waals surface area contributed by atoms with Crippen molar-refractivity contribution in [1.29, 1.82) is 0 Å². The van der Waals surface area contributed by atoms with Gasteiger partial charge in [0.2, 0.25) is 5.88 Å². The smallest absolute Gasteiger partial charge is 0.259 e. The lowest BCUT2D eigenvalue weighted by atomic mass is 9.77. The number of carbonyl (C=O) groups is 1. The van der Waals surface area contributed by atoms with Crippen molar-refractivity contribution in [3.63, 3.8) is 0 Å². The van der Waals surface area contributed by atoms with Crippen molar-refractivity contribution in [2.75, 3.05) is 26.3 Å². The Kier molecular flexibility index (Phi) is 4.40. The van der Waals surface area contributed by atoms with E-state index >= 15 is 0 Å². The molecule has 0 unspecified atom stereocenters. The highest BCUT2D eigenvalue weighted by Crippen LogP contribution is 2.41. The van der Waals surface area contributed by atoms with Gasteiger partial charge in [0, 0.05) is 32.0 Å². The fraction of sp³-hybridized carbons (Fsp3) is 0.526. The van der Waals surface area contributed by atoms with Gasteiger partial charge in [0.05, 0.1) is 23.8 Å². The number of aryl methyl sites for hydroxylation is 2. The van der Waals surface area contributed by atoms with Gasteiger partial charge in [-0.15, -0.1) is 0 Å². The maximum Gasteiger partial charge on any atom is 0.259 e. The van der Waals surface area contributed by atoms with Crippen LogP contribution in [0.2, 0.25) is 0 Å². The quantitative estimate of drug-likeness (QED) is 0.836. The Labute approximate surface area is 152 Å². The summed E-state index contributed by atoms with van der Waals surface area (Å²) >= 11 is 0. The van der Waals surface area contributed by atoms with Gasteiger partial charge >= 0.3 is 0 Å². The summed E-state index contributed by atoms with van der Waals surface area (Å²) in [6, 6.07) is 5.60. The molecule has 2 saturated heterocycles. The van der Waals surface area contributed by atoms with Crippen LogP contribution in [0.5, 0.6) is 5.88 Å². The number of nitrogens with zero attached hydrogens (tertiary/aromatic N) is 3. The molecule has 2 aliphatic rings. The van der Waals surface area contributed by atoms with Crippen LogP contribution < -0.4 is 4.74 Å². The number of pyridine rings is 1. The van der Waals surface area contributed by atoms with Crippen molar-refractivity contribution < 1.29 is 18.8 Å². The second-order valence-corrected chi connectivity index (χ2v) is 7.14. The molecule has 0 radical (unpaired) electrons. The highest BCUT2D eigenvalue weighted by Gasteiger charge is 2.50. The number of hydrogen-bond acceptors (Lipinski definition) is 6. The third-order valence-corrected chi connectivity index (χ3v) is 5.45. The molecule has 0 N–H and O–H groups in total. The second kappa shape index (κ2) is 6.72. The highest BCUT2D eigenvalue weighted by atomic mass is 16.5. The summed E-state index contributed by atoms with van der Waals surface area (Å²) < 4.78 is 17.1. The van der Waals surface area contributed by atoms with Crippen LogP contribution in [0.25, 0.3) is 0 Å². The van der Waals surface area contributed by atoms with E-state index in [4.69, 9.17) is 14.0 Å². The molecular weight excluding hydrogens is 334 g/mol. The molecule has 26 heavy (non-hydrogen) atoms. The van der Waals surface area contributed by atoms with Crippen LogP contribution in [0.1, 0.15) is 34.7 Å². The number of aromatic nitrogens is 2. The van der Waals surface area contributed by atoms with Crippen molar-refractivity contribution in [2.45, 2.75) is 32.8 Å². The van der Waals surface area contributed by atoms with Gasteiger partial charge in [0.1, 0.15) is 11.3 Å². The Morgan fingerprint density at radius 3 is 3.04 bits per heavy atom. The van der Waals surface area contributed by atoms with Crippen molar-refractivity contribution >= 4 is 5.91 Å². The van der Waals surface area contributed by atoms with Crippen molar-refractivity contribution in [1.82, 2.24) is 15.0 Å². The monoisotopic (exact) mass is 357 g/mol. The summed E-state index contributed by atoms with van der Waals surface area (Å²) in [6.45, 7) is 6.03. The van der Waals surface area contributed by atoms with Crippen LogP contribution in [0, 0.1) is 19.3 Å². The third-order valence-electron chi connectivity index (χ3n) is 5.45. The van der Waals surface area contributed by atoms with E-state index in [0.717, 1.165) is 12.8 Å². The number of rotatable bonds is 4. The topological polar surface area (TPSA) is 77.7 Å². The minimum Gasteiger partial charge on any atom is -0.477 e. The summed E-state index contributed by atoms with van der Waals surface area (Å²) in [4.78, 5) is 19.2. The number of amides is 1. The Morgan fingerprint density at radius 1 is 1.42 bits per heavy atom. The van der Waals surface area contributed by atoms with Crippen LogP contribution in [0.4, 0.5) is 0 Å². The SMILES string of the molecule is Cc1noc(C)c1C(=O)N1CC[C@@H]2OCC[C@]2(COc2ccccn2)C1. The molecule has 2 aromatic rings. The van der Waals surface area contributed by atoms with Gasteiger partial charge < -0.3 is 18.9 Å². The van der Waals surface area contributed by atoms with E-state index in [1.54, 1.807) is 20.0 Å². The molecule has 7 nitrogen and oxygen atoms in total. The minimum atomic E-state index is -0.204. The molecule has 2 atom stereocenters. The van der Waals surface area contributed by atoms with Gasteiger partial charge in [-0.2, -0.15) is 0 Å². The van der Waals surface area contributed by atoms with Gasteiger partial charge in [-0.05, 0) is 32.8 Å². The number of ether oxygens (including phenoxy) is 2. The predicted octanol–water partition coefficient (Wildman–Crippen LogP) is 2.39. The molecule has 7 heteroatoms. The van der Waals surface area contributed by atoms with Crippen LogP contribution in [-0.4, -0.2) is 53.4 Å². The first-order chi connectivity index (χ1) is 12.6. The number of hydrogen-bond donors (Lipinski definition) is 0. The molecule has 4 rings (SSSR count). The summed E-state index contributed by atoms with van der Waals surface area (Å²) in [5.74, 6) is 1.14. The Balaban J connectivity index is 1.53. The Morgan fingerprint density at radius 2 is 2.31 bits per heavy atom. The lowest BCUT2D eigenvalue weighted by Crippen LogP contribution is -2.54. The number of carbonyl (C=O) groups excluding carboxylic acids is 1. The predicted molar refractivity (Wildman–Crippen MR) is 93.0 cm³/mol. The van der Waals surface area contributed by atoms with Gasteiger partial charge in [0.25, 0.3) is 5.91 Å². The zero-order chi connectivity index (χ0) is 18.1. The van der Waals surface area contributed by atoms with Gasteiger partial charge in [-0.3, -0.25) is 4.79 Å². The third kappa shape index (κ3) is 2.96. The molecule has 0 saturated carbocycles. The van der Waals surface area contributed by atoms with Crippen LogP contribution in [0.15, 0.2) is 28.9 Å². The summed E-state index contributed by atoms with van der Waals surface area (Å²) in [7, 11) is 0. The van der Waals surface area contributed by atoms with E-state index in [-0.39, 0.29) is 17.4 Å². The zero-order valence-electron chi connectivity index (χ0n) is 15.1. The standard InChI is InChI=1S/C19H23N3O4/c1-13-17(14(2)26-21-13)18(23)22-9-6-15-19(11-22,7-10-24-15)12-25-16-5-3-4-8-20-16/h3-5,8,15H,6-7,9-12H2,1-2H3/t15-,19+/m0/s1. The number of likely N-dealkylation sites (tertiary alicyclic amines) is 1. The zero-order valence-corrected chi connectivity index (χ0v) is 15.1. The van der Waals surface area contributed by atoms with Crippen LogP contribution in [0.3, 0.4) is 0 Å². The molecular formula is C19H23N3O4. The molecule has 0 bridgehead atoms. The maximum absolute atomic E-state index is 13.0. The minimum absolute atomic E-state index is 0.0242. The maximum atomic E-state index is 13.0. The molecule has 0 spiro atoms. The van der Waals surface area contributed by atoms with E-state index in [9.17, 15) is 4.79 Å². The number of fused-ring (bicyclic) bond motifs is 1. The number of piperidine rings is 1. The van der Waals surface area contributed by atoms with E-state index in [0.29, 0.717) is 49.2 Å². The van der Waals surface area contributed by atoms with Crippen molar-refractivity contribution in [3.05, 3.63) is 41.4 Å². The average molecular weight is 357 g/mol. The van der Waals surface area contributed by atoms with Gasteiger partial charge in [-0.25, -0.2) is 4.98 Å². The summed E-state index contributed by atoms with van der Waals surface area (Å²) in [5.41, 5.74) is 1.00. The summed E-state index contributed by atoms with van der Waals surface area (Å²) in [6.07, 6.45) is 3.50. The Hall–Kier alpha value is -2.41. The van der Waals surface area contributed by atoms with E-state index in [1.165, 1.54) is 0 Å². The molecule has 0 aliphatic carbocycles. The summed E-state index contributed by atoms with van der Waals surface area (Å²) in [5, 5.41) is 3.91. The average Bonchev–Trinajstić information content (AvgIpc) is 3.23. The molecule has 0 aromatic carbocycles. The second-order valence-electron chi connectivity index (χ2n) is 7.14. The fourth-order valence-corrected chi connectivity index (χ4v) is 4.03. The largest absolute Gasteiger partial charge is 0.477 e. The first kappa shape index (κ1) is 17.0. The lowest BCUT2D eigenvalue weighted by Gasteiger charge is -2.43. The fourth-order valence-electron chi connectivity index (χ4n) is 4.03. The molecule has 1 amide bonds. The highest BCUT2D eigenvalue weighted by molar-refractivity contribution is 5.96. The normalized spacial score (nSPS) is 25.2. The van der Waals surface area contributed by atoms with Gasteiger partial charge in [0.15, 0.2) is 0 Å². The van der Waals surface area contributed by atoms with Crippen molar-refractivity contribution in [2.24, 2.45) is 5.41 Å². The molecule has 2 fully saturated rings. The van der Waals surface area contributed by atoms with E-state index in [2.05, 4.69) is 10.1 Å². The lowest BCUT2D eigenvalue weighted by molar-refractivity contribution is -0.0332. The first-order valence-electron chi connectivity index (χ1n) is 8.97. The van der Waals surface area contributed by atoms with Crippen LogP contribution in [-0.2, 0) is 4.74 Å². The van der Waals surface area contributed by atoms with Gasteiger partial charge in [-0.1, -0.05) is 11.2 Å². The first-order valence-corrected chi connectivity index (χ1v) is 8.97.